The summed E-state index contributed by atoms with van der Waals surface area (Å²) in [7, 11) is 0. The van der Waals surface area contributed by atoms with Gasteiger partial charge in [-0.25, -0.2) is 4.79 Å². The predicted octanol–water partition coefficient (Wildman–Crippen LogP) is 2.66. The van der Waals surface area contributed by atoms with Crippen LogP contribution in [0.4, 0.5) is 0 Å². The van der Waals surface area contributed by atoms with Crippen molar-refractivity contribution in [3.05, 3.63) is 69.1 Å². The van der Waals surface area contributed by atoms with Gasteiger partial charge in [-0.15, -0.1) is 0 Å². The van der Waals surface area contributed by atoms with Crippen LogP contribution in [0.2, 0.25) is 10.0 Å². The van der Waals surface area contributed by atoms with Crippen molar-refractivity contribution in [3.8, 4) is 0 Å². The molecule has 6 nitrogen and oxygen atoms in total. The average molecular weight is 369 g/mol. The van der Waals surface area contributed by atoms with Gasteiger partial charge < -0.3 is 15.3 Å². The number of rotatable bonds is 5. The van der Waals surface area contributed by atoms with E-state index in [0.717, 1.165) is 0 Å². The van der Waals surface area contributed by atoms with Gasteiger partial charge in [0, 0.05) is 22.2 Å². The molecule has 1 atom stereocenters. The Morgan fingerprint density at radius 2 is 1.92 bits per heavy atom. The van der Waals surface area contributed by atoms with Gasteiger partial charge in [0.25, 0.3) is 5.91 Å². The monoisotopic (exact) mass is 368 g/mol. The number of nitrogens with zero attached hydrogens (tertiary/aromatic N) is 1. The van der Waals surface area contributed by atoms with E-state index in [4.69, 9.17) is 27.9 Å². The summed E-state index contributed by atoms with van der Waals surface area (Å²) in [6.45, 7) is 1.31. The minimum atomic E-state index is -0.692. The first-order chi connectivity index (χ1) is 11.4. The molecule has 0 saturated heterocycles. The molecule has 0 aliphatic carbocycles. The van der Waals surface area contributed by atoms with Gasteiger partial charge in [-0.05, 0) is 24.6 Å². The lowest BCUT2D eigenvalue weighted by atomic mass is 10.1. The summed E-state index contributed by atoms with van der Waals surface area (Å²) in [6.07, 6.45) is 2.34. The summed E-state index contributed by atoms with van der Waals surface area (Å²) in [4.78, 5) is 23.6. The number of amides is 1. The first-order valence-corrected chi connectivity index (χ1v) is 7.72. The van der Waals surface area contributed by atoms with Crippen LogP contribution in [0.3, 0.4) is 0 Å². The van der Waals surface area contributed by atoms with Crippen LogP contribution < -0.4 is 10.0 Å². The van der Waals surface area contributed by atoms with Crippen LogP contribution in [0.25, 0.3) is 0 Å². The molecule has 0 spiro atoms. The molecule has 1 heterocycles. The Balaban J connectivity index is 1.88. The Hall–Kier alpha value is -2.31. The Bertz CT molecular complexity index is 750. The summed E-state index contributed by atoms with van der Waals surface area (Å²) in [5.41, 5.74) is 0.882. The zero-order valence-electron chi connectivity index (χ0n) is 12.7. The molecule has 24 heavy (non-hydrogen) atoms. The molecule has 0 saturated carbocycles. The summed E-state index contributed by atoms with van der Waals surface area (Å²) in [5, 5.41) is 14.5. The van der Waals surface area contributed by atoms with Crippen molar-refractivity contribution < 1.29 is 19.1 Å². The van der Waals surface area contributed by atoms with Crippen LogP contribution in [0, 0.1) is 5.21 Å². The van der Waals surface area contributed by atoms with E-state index in [0.29, 0.717) is 20.3 Å². The van der Waals surface area contributed by atoms with Crippen LogP contribution in [0.15, 0.2) is 42.7 Å². The second-order valence-electron chi connectivity index (χ2n) is 4.98. The van der Waals surface area contributed by atoms with E-state index >= 15 is 0 Å². The SMILES string of the molecule is C[C@H](NC(=O)COC(=O)c1cc[n+]([O-])cc1)c1ccc(Cl)cc1Cl. The highest BCUT2D eigenvalue weighted by Gasteiger charge is 2.15. The minimum absolute atomic E-state index is 0.184. The molecule has 0 fully saturated rings. The topological polar surface area (TPSA) is 82.3 Å². The fourth-order valence-corrected chi connectivity index (χ4v) is 2.55. The van der Waals surface area contributed by atoms with Gasteiger partial charge in [-0.3, -0.25) is 4.79 Å². The molecule has 0 unspecified atom stereocenters. The number of benzene rings is 1. The third kappa shape index (κ3) is 4.84. The van der Waals surface area contributed by atoms with Crippen molar-refractivity contribution in [2.45, 2.75) is 13.0 Å². The van der Waals surface area contributed by atoms with Gasteiger partial charge >= 0.3 is 5.97 Å². The molecule has 8 heteroatoms. The average Bonchev–Trinajstić information content (AvgIpc) is 2.53. The zero-order valence-corrected chi connectivity index (χ0v) is 14.2. The Morgan fingerprint density at radius 1 is 1.25 bits per heavy atom. The molecule has 0 radical (unpaired) electrons. The fourth-order valence-electron chi connectivity index (χ4n) is 1.98. The van der Waals surface area contributed by atoms with Crippen LogP contribution in [0.1, 0.15) is 28.9 Å². The van der Waals surface area contributed by atoms with Gasteiger partial charge in [-0.2, -0.15) is 4.73 Å². The first-order valence-electron chi connectivity index (χ1n) is 6.97. The molecule has 1 N–H and O–H groups in total. The number of aromatic nitrogens is 1. The standard InChI is InChI=1S/C16H14Cl2N2O4/c1-10(13-3-2-12(17)8-14(13)18)19-15(21)9-24-16(22)11-4-6-20(23)7-5-11/h2-8,10H,9H2,1H3,(H,19,21)/t10-/m0/s1. The smallest absolute Gasteiger partial charge is 0.339 e. The lowest BCUT2D eigenvalue weighted by Gasteiger charge is -2.16. The number of hydrogen-bond acceptors (Lipinski definition) is 4. The number of halogens is 2. The highest BCUT2D eigenvalue weighted by Crippen LogP contribution is 2.25. The molecule has 0 aliphatic heterocycles. The van der Waals surface area contributed by atoms with Crippen LogP contribution >= 0.6 is 23.2 Å². The number of pyridine rings is 1. The maximum Gasteiger partial charge on any atom is 0.339 e. The number of ether oxygens (including phenoxy) is 1. The molecule has 2 aromatic rings. The quantitative estimate of drug-likeness (QED) is 0.499. The Morgan fingerprint density at radius 3 is 2.54 bits per heavy atom. The van der Waals surface area contributed by atoms with Gasteiger partial charge in [0.2, 0.25) is 0 Å². The second kappa shape index (κ2) is 7.99. The van der Waals surface area contributed by atoms with Crippen LogP contribution in [-0.2, 0) is 9.53 Å². The van der Waals surface area contributed by atoms with Crippen LogP contribution in [-0.4, -0.2) is 18.5 Å². The fraction of sp³-hybridized carbons (Fsp3) is 0.188. The molecule has 126 valence electrons. The molecule has 1 aromatic heterocycles. The van der Waals surface area contributed by atoms with E-state index < -0.39 is 18.5 Å². The molecular weight excluding hydrogens is 355 g/mol. The lowest BCUT2D eigenvalue weighted by molar-refractivity contribution is -0.605. The predicted molar refractivity (Wildman–Crippen MR) is 88.7 cm³/mol. The number of nitrogens with one attached hydrogen (secondary N) is 1. The van der Waals surface area contributed by atoms with Gasteiger partial charge in [0.15, 0.2) is 19.0 Å². The van der Waals surface area contributed by atoms with Crippen molar-refractivity contribution >= 4 is 35.1 Å². The van der Waals surface area contributed by atoms with Gasteiger partial charge in [0.05, 0.1) is 11.6 Å². The molecule has 1 aromatic carbocycles. The lowest BCUT2D eigenvalue weighted by Crippen LogP contribution is -2.31. The van der Waals surface area contributed by atoms with Crippen molar-refractivity contribution in [1.29, 1.82) is 0 Å². The van der Waals surface area contributed by atoms with Crippen molar-refractivity contribution in [3.63, 3.8) is 0 Å². The minimum Gasteiger partial charge on any atom is -0.619 e. The van der Waals surface area contributed by atoms with E-state index in [1.165, 1.54) is 24.5 Å². The maximum absolute atomic E-state index is 11.9. The Kier molecular flexibility index (Phi) is 6.00. The van der Waals surface area contributed by atoms with Gasteiger partial charge in [-0.1, -0.05) is 29.3 Å². The molecule has 0 bridgehead atoms. The third-order valence-electron chi connectivity index (χ3n) is 3.18. The normalized spacial score (nSPS) is 11.6. The highest BCUT2D eigenvalue weighted by atomic mass is 35.5. The summed E-state index contributed by atoms with van der Waals surface area (Å²) in [5.74, 6) is -1.17. The number of esters is 1. The highest BCUT2D eigenvalue weighted by molar-refractivity contribution is 6.35. The molecular formula is C16H14Cl2N2O4. The second-order valence-corrected chi connectivity index (χ2v) is 5.82. The van der Waals surface area contributed by atoms with E-state index in [1.54, 1.807) is 25.1 Å². The third-order valence-corrected chi connectivity index (χ3v) is 3.74. The number of carbonyl (C=O) groups is 2. The van der Waals surface area contributed by atoms with E-state index in [1.807, 2.05) is 0 Å². The van der Waals surface area contributed by atoms with E-state index in [-0.39, 0.29) is 11.6 Å². The number of carbonyl (C=O) groups excluding carboxylic acids is 2. The maximum atomic E-state index is 11.9. The first kappa shape index (κ1) is 18.0. The summed E-state index contributed by atoms with van der Waals surface area (Å²) < 4.78 is 5.44. The largest absolute Gasteiger partial charge is 0.619 e. The van der Waals surface area contributed by atoms with E-state index in [9.17, 15) is 14.8 Å². The summed E-state index contributed by atoms with van der Waals surface area (Å²) in [6, 6.07) is 7.20. The summed E-state index contributed by atoms with van der Waals surface area (Å²) >= 11 is 11.9. The molecule has 2 rings (SSSR count). The van der Waals surface area contributed by atoms with Crippen molar-refractivity contribution in [1.82, 2.24) is 5.32 Å². The van der Waals surface area contributed by atoms with Crippen molar-refractivity contribution in [2.75, 3.05) is 6.61 Å². The molecule has 1 amide bonds. The van der Waals surface area contributed by atoms with Crippen molar-refractivity contribution in [2.24, 2.45) is 0 Å². The van der Waals surface area contributed by atoms with Gasteiger partial charge in [0.1, 0.15) is 0 Å². The van der Waals surface area contributed by atoms with Crippen LogP contribution in [0.5, 0.6) is 0 Å². The Labute approximate surface area is 148 Å². The molecule has 0 aliphatic rings. The number of hydrogen-bond donors (Lipinski definition) is 1. The van der Waals surface area contributed by atoms with E-state index in [2.05, 4.69) is 5.32 Å². The zero-order chi connectivity index (χ0) is 17.7.